The first-order valence-corrected chi connectivity index (χ1v) is 16.5. The number of aliphatic hydroxyl groups is 1. The maximum absolute atomic E-state index is 13.9. The highest BCUT2D eigenvalue weighted by molar-refractivity contribution is 8.10. The summed E-state index contributed by atoms with van der Waals surface area (Å²) in [6.07, 6.45) is -1.45. The van der Waals surface area contributed by atoms with E-state index in [0.29, 0.717) is 30.2 Å². The van der Waals surface area contributed by atoms with Crippen molar-refractivity contribution >= 4 is 31.6 Å². The van der Waals surface area contributed by atoms with Crippen LogP contribution >= 0.6 is 0 Å². The highest BCUT2D eigenvalue weighted by atomic mass is 32.3. The van der Waals surface area contributed by atoms with Crippen LogP contribution in [0.2, 0.25) is 0 Å². The Balaban J connectivity index is 0.00000102. The highest BCUT2D eigenvalue weighted by Crippen LogP contribution is 2.49. The largest absolute Gasteiger partial charge is 0.493 e. The number of hydrogen-bond acceptors (Lipinski definition) is 12. The van der Waals surface area contributed by atoms with Gasteiger partial charge in [-0.3, -0.25) is 4.90 Å². The van der Waals surface area contributed by atoms with Crippen molar-refractivity contribution in [1.82, 2.24) is 4.90 Å². The minimum Gasteiger partial charge on any atom is -0.493 e. The normalized spacial score (nSPS) is 20.9. The van der Waals surface area contributed by atoms with Gasteiger partial charge >= 0.3 is 11.9 Å². The Morgan fingerprint density at radius 3 is 1.89 bits per heavy atom. The molecule has 0 saturated carbocycles. The molecule has 3 atom stereocenters. The number of rotatable bonds is 11. The van der Waals surface area contributed by atoms with Gasteiger partial charge in [0, 0.05) is 13.0 Å². The molecule has 2 aromatic rings. The molecule has 0 aliphatic carbocycles. The number of carbonyl (C=O) groups is 2. The molecule has 2 aromatic carbocycles. The van der Waals surface area contributed by atoms with E-state index in [2.05, 4.69) is 0 Å². The summed E-state index contributed by atoms with van der Waals surface area (Å²) in [6.45, 7) is 1.83. The molecule has 1 aliphatic heterocycles. The summed E-state index contributed by atoms with van der Waals surface area (Å²) in [5.74, 6) is -2.28. The van der Waals surface area contributed by atoms with Crippen LogP contribution in [0, 0.1) is 0 Å². The molecule has 44 heavy (non-hydrogen) atoms. The third-order valence-electron chi connectivity index (χ3n) is 7.45. The van der Waals surface area contributed by atoms with Gasteiger partial charge < -0.3 is 34.3 Å². The van der Waals surface area contributed by atoms with E-state index in [9.17, 15) is 21.9 Å². The quantitative estimate of drug-likeness (QED) is 0.231. The Morgan fingerprint density at radius 2 is 1.39 bits per heavy atom. The van der Waals surface area contributed by atoms with E-state index in [-0.39, 0.29) is 23.5 Å². The summed E-state index contributed by atoms with van der Waals surface area (Å²) in [4.78, 5) is 19.7. The molecular weight excluding hydrogens is 622 g/mol. The minimum atomic E-state index is -4.28. The third kappa shape index (κ3) is 7.54. The van der Waals surface area contributed by atoms with E-state index >= 15 is 0 Å². The van der Waals surface area contributed by atoms with Crippen molar-refractivity contribution < 1.29 is 60.7 Å². The Hall–Kier alpha value is -3.60. The van der Waals surface area contributed by atoms with Crippen LogP contribution in [-0.2, 0) is 39.8 Å². The minimum absolute atomic E-state index is 0.00898. The predicted molar refractivity (Wildman–Crippen MR) is 160 cm³/mol. The molecule has 0 radical (unpaired) electrons. The Morgan fingerprint density at radius 1 is 0.886 bits per heavy atom. The fraction of sp³-hybridized carbons (Fsp3) is 0.500. The number of aliphatic carboxylic acids is 2. The zero-order valence-corrected chi connectivity index (χ0v) is 27.0. The van der Waals surface area contributed by atoms with E-state index in [1.807, 2.05) is 12.1 Å². The first kappa shape index (κ1) is 36.6. The van der Waals surface area contributed by atoms with Gasteiger partial charge in [-0.25, -0.2) is 26.4 Å². The van der Waals surface area contributed by atoms with Gasteiger partial charge in [0.15, 0.2) is 42.7 Å². The second-order valence-electron chi connectivity index (χ2n) is 10.0. The molecule has 16 heteroatoms. The molecule has 1 heterocycles. The fourth-order valence-electron chi connectivity index (χ4n) is 4.81. The lowest BCUT2D eigenvalue weighted by atomic mass is 10.1. The average Bonchev–Trinajstić information content (AvgIpc) is 2.99. The van der Waals surface area contributed by atoms with Gasteiger partial charge in [0.2, 0.25) is 4.08 Å². The van der Waals surface area contributed by atoms with Crippen LogP contribution in [0.4, 0.5) is 0 Å². The van der Waals surface area contributed by atoms with Crippen LogP contribution in [0.3, 0.4) is 0 Å². The topological polar surface area (TPSA) is 203 Å². The molecule has 0 aromatic heterocycles. The van der Waals surface area contributed by atoms with Gasteiger partial charge in [0.05, 0.1) is 39.4 Å². The molecule has 3 unspecified atom stereocenters. The first-order chi connectivity index (χ1) is 20.5. The molecule has 0 spiro atoms. The number of benzene rings is 2. The fourth-order valence-corrected chi connectivity index (χ4v) is 10.9. The van der Waals surface area contributed by atoms with Gasteiger partial charge in [-0.2, -0.15) is 0 Å². The Kier molecular flexibility index (Phi) is 12.4. The van der Waals surface area contributed by atoms with Gasteiger partial charge in [-0.15, -0.1) is 0 Å². The summed E-state index contributed by atoms with van der Waals surface area (Å²) in [5, 5.41) is 25.1. The average molecular weight is 662 g/mol. The molecular formula is C28H39NO13S2. The standard InChI is InChI=1S/C26H37NO9S2.C2H2O4/c1-18-12-14-37(29,30)26(38(18,31)32,20-8-10-22(34-4)24(16-20)36-6)17-25(28)27(2)13-11-19-7-9-21(33-3)23(15-19)35-5;3-1(4)2(5)6/h7-10,15-16,18,25,28H,11-14,17H2,1-6H3;(H,3,4)(H,5,6). The van der Waals surface area contributed by atoms with Crippen molar-refractivity contribution in [3.05, 3.63) is 47.5 Å². The first-order valence-electron chi connectivity index (χ1n) is 13.3. The maximum Gasteiger partial charge on any atom is 0.414 e. The number of methoxy groups -OCH3 is 4. The zero-order valence-electron chi connectivity index (χ0n) is 25.3. The molecule has 14 nitrogen and oxygen atoms in total. The number of aliphatic hydroxyl groups excluding tert-OH is 1. The predicted octanol–water partition coefficient (Wildman–Crippen LogP) is 1.53. The van der Waals surface area contributed by atoms with E-state index in [1.54, 1.807) is 25.1 Å². The van der Waals surface area contributed by atoms with Crippen molar-refractivity contribution in [3.8, 4) is 23.0 Å². The summed E-state index contributed by atoms with van der Waals surface area (Å²) in [5.41, 5.74) is 0.928. The number of hydrogen-bond donors (Lipinski definition) is 3. The number of carboxylic acid groups (broad SMARTS) is 2. The van der Waals surface area contributed by atoms with E-state index < -0.39 is 53.6 Å². The van der Waals surface area contributed by atoms with E-state index in [0.717, 1.165) is 5.56 Å². The molecule has 1 fully saturated rings. The molecule has 3 rings (SSSR count). The van der Waals surface area contributed by atoms with Gasteiger partial charge in [-0.05, 0) is 62.2 Å². The Bertz CT molecular complexity index is 1530. The molecule has 0 bridgehead atoms. The van der Waals surface area contributed by atoms with Gasteiger partial charge in [0.1, 0.15) is 6.23 Å². The lowest BCUT2D eigenvalue weighted by molar-refractivity contribution is -0.159. The van der Waals surface area contributed by atoms with Crippen LogP contribution in [0.5, 0.6) is 23.0 Å². The van der Waals surface area contributed by atoms with Crippen molar-refractivity contribution in [2.75, 3.05) is 47.8 Å². The molecule has 0 amide bonds. The van der Waals surface area contributed by atoms with E-state index in [1.165, 1.54) is 46.5 Å². The lowest BCUT2D eigenvalue weighted by Crippen LogP contribution is -2.55. The van der Waals surface area contributed by atoms with Crippen LogP contribution < -0.4 is 18.9 Å². The van der Waals surface area contributed by atoms with Gasteiger partial charge in [0.25, 0.3) is 0 Å². The second kappa shape index (κ2) is 14.9. The van der Waals surface area contributed by atoms with Gasteiger partial charge in [-0.1, -0.05) is 12.1 Å². The Labute approximate surface area is 256 Å². The number of ether oxygens (including phenoxy) is 4. The van der Waals surface area contributed by atoms with E-state index in [4.69, 9.17) is 38.7 Å². The number of nitrogens with zero attached hydrogens (tertiary/aromatic N) is 1. The van der Waals surface area contributed by atoms with Crippen molar-refractivity contribution in [2.24, 2.45) is 0 Å². The number of carboxylic acids is 2. The molecule has 246 valence electrons. The molecule has 1 aliphatic rings. The van der Waals surface area contributed by atoms with Crippen LogP contribution in [0.1, 0.15) is 30.9 Å². The number of likely N-dealkylation sites (N-methyl/N-ethyl adjacent to an activating group) is 1. The smallest absolute Gasteiger partial charge is 0.414 e. The maximum atomic E-state index is 13.9. The second-order valence-corrected chi connectivity index (χ2v) is 15.2. The monoisotopic (exact) mass is 661 g/mol. The summed E-state index contributed by atoms with van der Waals surface area (Å²) < 4.78 is 74.0. The summed E-state index contributed by atoms with van der Waals surface area (Å²) >= 11 is 0. The summed E-state index contributed by atoms with van der Waals surface area (Å²) in [7, 11) is -0.994. The highest BCUT2D eigenvalue weighted by Gasteiger charge is 2.61. The van der Waals surface area contributed by atoms with Crippen LogP contribution in [0.15, 0.2) is 36.4 Å². The molecule has 3 N–H and O–H groups in total. The number of sulfone groups is 2. The SMILES string of the molecule is COc1ccc(CCN(C)C(O)CC2(c3ccc(OC)c(OC)c3)S(=O)(=O)CCC(C)S2(=O)=O)cc1OC.O=C(O)C(=O)O. The third-order valence-corrected chi connectivity index (χ3v) is 13.7. The van der Waals surface area contributed by atoms with Crippen molar-refractivity contribution in [1.29, 1.82) is 0 Å². The van der Waals surface area contributed by atoms with Crippen LogP contribution in [-0.4, -0.2) is 108 Å². The van der Waals surface area contributed by atoms with Crippen LogP contribution in [0.25, 0.3) is 0 Å². The molecule has 1 saturated heterocycles. The zero-order chi connectivity index (χ0) is 33.5. The lowest BCUT2D eigenvalue weighted by Gasteiger charge is -2.41. The van der Waals surface area contributed by atoms with Crippen molar-refractivity contribution in [2.45, 2.75) is 41.7 Å². The van der Waals surface area contributed by atoms with Crippen molar-refractivity contribution in [3.63, 3.8) is 0 Å². The summed E-state index contributed by atoms with van der Waals surface area (Å²) in [6, 6.07) is 9.74.